The molecule has 18 heavy (non-hydrogen) atoms. The van der Waals surface area contributed by atoms with Crippen LogP contribution in [0.1, 0.15) is 30.4 Å². The fourth-order valence-electron chi connectivity index (χ4n) is 2.87. The molecule has 0 spiro atoms. The average Bonchev–Trinajstić information content (AvgIpc) is 2.91. The number of aromatic nitrogens is 3. The molecular formula is C11H17N3O3S. The van der Waals surface area contributed by atoms with Gasteiger partial charge in [-0.15, -0.1) is 10.2 Å². The Morgan fingerprint density at radius 3 is 2.83 bits per heavy atom. The molecule has 2 aliphatic heterocycles. The van der Waals surface area contributed by atoms with Crippen molar-refractivity contribution in [3.63, 3.8) is 0 Å². The number of nitrogens with zero attached hydrogens (tertiary/aromatic N) is 3. The van der Waals surface area contributed by atoms with E-state index in [9.17, 15) is 13.5 Å². The van der Waals surface area contributed by atoms with Gasteiger partial charge in [-0.2, -0.15) is 0 Å². The molecular weight excluding hydrogens is 254 g/mol. The molecule has 6 nitrogen and oxygen atoms in total. The summed E-state index contributed by atoms with van der Waals surface area (Å²) in [5.41, 5.74) is 0. The van der Waals surface area contributed by atoms with Crippen molar-refractivity contribution >= 4 is 9.84 Å². The van der Waals surface area contributed by atoms with Crippen LogP contribution in [0.4, 0.5) is 0 Å². The third kappa shape index (κ3) is 2.05. The number of aliphatic hydroxyl groups excluding tert-OH is 1. The first kappa shape index (κ1) is 12.1. The zero-order chi connectivity index (χ0) is 12.8. The van der Waals surface area contributed by atoms with E-state index in [0.717, 1.165) is 24.5 Å². The smallest absolute Gasteiger partial charge is 0.151 e. The van der Waals surface area contributed by atoms with Crippen LogP contribution in [0, 0.1) is 5.92 Å². The molecule has 0 aliphatic carbocycles. The lowest BCUT2D eigenvalue weighted by Gasteiger charge is -2.23. The summed E-state index contributed by atoms with van der Waals surface area (Å²) in [6, 6.07) is 0. The van der Waals surface area contributed by atoms with Gasteiger partial charge < -0.3 is 9.67 Å². The normalized spacial score (nSPS) is 30.3. The van der Waals surface area contributed by atoms with Gasteiger partial charge in [0.2, 0.25) is 0 Å². The minimum Gasteiger partial charge on any atom is -0.396 e. The molecule has 1 N–H and O–H groups in total. The molecule has 1 fully saturated rings. The molecule has 1 aromatic heterocycles. The molecule has 100 valence electrons. The summed E-state index contributed by atoms with van der Waals surface area (Å²) < 4.78 is 25.1. The predicted octanol–water partition coefficient (Wildman–Crippen LogP) is -0.265. The van der Waals surface area contributed by atoms with Gasteiger partial charge in [-0.1, -0.05) is 0 Å². The standard InChI is InChI=1S/C11H17N3O3S/c15-6-8-1-2-10-12-13-11(14(10)5-8)9-3-4-18(16,17)7-9/h8-9,15H,1-7H2. The maximum atomic E-state index is 11.5. The number of hydrogen-bond acceptors (Lipinski definition) is 5. The van der Waals surface area contributed by atoms with Crippen molar-refractivity contribution in [3.8, 4) is 0 Å². The zero-order valence-corrected chi connectivity index (χ0v) is 10.9. The number of sulfone groups is 1. The molecule has 7 heteroatoms. The first-order valence-electron chi connectivity index (χ1n) is 6.32. The summed E-state index contributed by atoms with van der Waals surface area (Å²) in [5.74, 6) is 2.39. The molecule has 2 aliphatic rings. The number of aliphatic hydroxyl groups is 1. The van der Waals surface area contributed by atoms with Crippen molar-refractivity contribution in [1.29, 1.82) is 0 Å². The van der Waals surface area contributed by atoms with Crippen molar-refractivity contribution in [2.75, 3.05) is 18.1 Å². The lowest BCUT2D eigenvalue weighted by Crippen LogP contribution is -2.25. The molecule has 1 saturated heterocycles. The van der Waals surface area contributed by atoms with Gasteiger partial charge in [0.05, 0.1) is 11.5 Å². The van der Waals surface area contributed by atoms with Crippen LogP contribution in [-0.4, -0.2) is 46.4 Å². The summed E-state index contributed by atoms with van der Waals surface area (Å²) >= 11 is 0. The maximum absolute atomic E-state index is 11.5. The highest BCUT2D eigenvalue weighted by atomic mass is 32.2. The monoisotopic (exact) mass is 271 g/mol. The van der Waals surface area contributed by atoms with E-state index >= 15 is 0 Å². The Morgan fingerprint density at radius 1 is 1.33 bits per heavy atom. The van der Waals surface area contributed by atoms with Gasteiger partial charge in [0, 0.05) is 31.4 Å². The lowest BCUT2D eigenvalue weighted by molar-refractivity contribution is 0.189. The Bertz CT molecular complexity index is 552. The van der Waals surface area contributed by atoms with Gasteiger partial charge in [0.25, 0.3) is 0 Å². The van der Waals surface area contributed by atoms with Crippen molar-refractivity contribution in [3.05, 3.63) is 11.6 Å². The van der Waals surface area contributed by atoms with Crippen LogP contribution < -0.4 is 0 Å². The number of hydrogen-bond donors (Lipinski definition) is 1. The van der Waals surface area contributed by atoms with Gasteiger partial charge in [0.1, 0.15) is 11.6 Å². The van der Waals surface area contributed by atoms with Gasteiger partial charge in [0.15, 0.2) is 9.84 Å². The van der Waals surface area contributed by atoms with Crippen molar-refractivity contribution in [1.82, 2.24) is 14.8 Å². The van der Waals surface area contributed by atoms with Gasteiger partial charge >= 0.3 is 0 Å². The van der Waals surface area contributed by atoms with Crippen LogP contribution in [0.5, 0.6) is 0 Å². The Kier molecular flexibility index (Phi) is 2.90. The van der Waals surface area contributed by atoms with Crippen molar-refractivity contribution in [2.24, 2.45) is 5.92 Å². The van der Waals surface area contributed by atoms with Crippen LogP contribution >= 0.6 is 0 Å². The highest BCUT2D eigenvalue weighted by Crippen LogP contribution is 2.30. The second-order valence-electron chi connectivity index (χ2n) is 5.27. The van der Waals surface area contributed by atoms with Gasteiger partial charge in [-0.25, -0.2) is 8.42 Å². The van der Waals surface area contributed by atoms with E-state index in [4.69, 9.17) is 0 Å². The van der Waals surface area contributed by atoms with E-state index in [1.54, 1.807) is 0 Å². The van der Waals surface area contributed by atoms with E-state index in [1.807, 2.05) is 4.57 Å². The van der Waals surface area contributed by atoms with Crippen LogP contribution in [0.15, 0.2) is 0 Å². The van der Waals surface area contributed by atoms with E-state index in [2.05, 4.69) is 10.2 Å². The molecule has 0 radical (unpaired) electrons. The summed E-state index contributed by atoms with van der Waals surface area (Å²) in [4.78, 5) is 0. The maximum Gasteiger partial charge on any atom is 0.151 e. The van der Waals surface area contributed by atoms with E-state index < -0.39 is 9.84 Å². The predicted molar refractivity (Wildman–Crippen MR) is 64.9 cm³/mol. The lowest BCUT2D eigenvalue weighted by atomic mass is 9.99. The molecule has 0 saturated carbocycles. The minimum absolute atomic E-state index is 0.0197. The third-order valence-corrected chi connectivity index (χ3v) is 5.70. The average molecular weight is 271 g/mol. The summed E-state index contributed by atoms with van der Waals surface area (Å²) in [6.45, 7) is 0.880. The van der Waals surface area contributed by atoms with Crippen molar-refractivity contribution < 1.29 is 13.5 Å². The molecule has 3 heterocycles. The van der Waals surface area contributed by atoms with Gasteiger partial charge in [-0.05, 0) is 12.8 Å². The highest BCUT2D eigenvalue weighted by molar-refractivity contribution is 7.91. The Morgan fingerprint density at radius 2 is 2.17 bits per heavy atom. The molecule has 3 rings (SSSR count). The minimum atomic E-state index is -2.90. The second kappa shape index (κ2) is 4.31. The SMILES string of the molecule is O=S1(=O)CCC(c2nnc3n2CC(CO)CC3)C1. The Hall–Kier alpha value is -0.950. The zero-order valence-electron chi connectivity index (χ0n) is 10.1. The van der Waals surface area contributed by atoms with Crippen LogP contribution in [-0.2, 0) is 22.8 Å². The fourth-order valence-corrected chi connectivity index (χ4v) is 4.60. The number of rotatable bonds is 2. The second-order valence-corrected chi connectivity index (χ2v) is 7.50. The largest absolute Gasteiger partial charge is 0.396 e. The summed E-state index contributed by atoms with van der Waals surface area (Å²) in [5, 5.41) is 17.6. The van der Waals surface area contributed by atoms with Crippen LogP contribution in [0.3, 0.4) is 0 Å². The van der Waals surface area contributed by atoms with E-state index in [1.165, 1.54) is 0 Å². The number of fused-ring (bicyclic) bond motifs is 1. The van der Waals surface area contributed by atoms with Crippen LogP contribution in [0.2, 0.25) is 0 Å². The fraction of sp³-hybridized carbons (Fsp3) is 0.818. The molecule has 1 aromatic rings. The molecule has 2 atom stereocenters. The van der Waals surface area contributed by atoms with Crippen molar-refractivity contribution in [2.45, 2.75) is 31.7 Å². The summed E-state index contributed by atoms with van der Waals surface area (Å²) in [7, 11) is -2.90. The molecule has 2 unspecified atom stereocenters. The molecule has 0 bridgehead atoms. The highest BCUT2D eigenvalue weighted by Gasteiger charge is 2.34. The topological polar surface area (TPSA) is 85.1 Å². The molecule has 0 amide bonds. The Balaban J connectivity index is 1.89. The quantitative estimate of drug-likeness (QED) is 0.800. The summed E-state index contributed by atoms with van der Waals surface area (Å²) in [6.07, 6.45) is 2.39. The third-order valence-electron chi connectivity index (χ3n) is 3.93. The van der Waals surface area contributed by atoms with E-state index in [-0.39, 0.29) is 29.9 Å². The first-order valence-corrected chi connectivity index (χ1v) is 8.14. The number of aryl methyl sites for hydroxylation is 1. The first-order chi connectivity index (χ1) is 8.59. The molecule has 0 aromatic carbocycles. The Labute approximate surface area is 106 Å². The van der Waals surface area contributed by atoms with Crippen LogP contribution in [0.25, 0.3) is 0 Å². The van der Waals surface area contributed by atoms with Gasteiger partial charge in [-0.3, -0.25) is 0 Å². The van der Waals surface area contributed by atoms with E-state index in [0.29, 0.717) is 13.0 Å².